The second-order valence-corrected chi connectivity index (χ2v) is 7.29. The van der Waals surface area contributed by atoms with Crippen molar-refractivity contribution in [2.24, 2.45) is 5.10 Å². The lowest BCUT2D eigenvalue weighted by Crippen LogP contribution is -2.22. The lowest BCUT2D eigenvalue weighted by atomic mass is 9.90. The predicted octanol–water partition coefficient (Wildman–Crippen LogP) is 5.39. The van der Waals surface area contributed by atoms with Crippen LogP contribution in [0.1, 0.15) is 39.9 Å². The fourth-order valence-electron chi connectivity index (χ4n) is 3.45. The van der Waals surface area contributed by atoms with Gasteiger partial charge >= 0.3 is 0 Å². The maximum Gasteiger partial charge on any atom is 0.275 e. The number of rotatable bonds is 5. The monoisotopic (exact) mass is 404 g/mol. The molecule has 0 heterocycles. The van der Waals surface area contributed by atoms with Gasteiger partial charge in [0.1, 0.15) is 12.4 Å². The van der Waals surface area contributed by atoms with Crippen LogP contribution in [0.15, 0.2) is 77.9 Å². The molecule has 3 aromatic carbocycles. The highest BCUT2D eigenvalue weighted by Gasteiger charge is 2.17. The van der Waals surface area contributed by atoms with Crippen LogP contribution in [0.2, 0.25) is 5.02 Å². The molecule has 1 N–H and O–H groups in total. The fourth-order valence-corrected chi connectivity index (χ4v) is 3.64. The molecular formula is C24H21ClN2O2. The van der Waals surface area contributed by atoms with Crippen molar-refractivity contribution in [3.63, 3.8) is 0 Å². The number of nitrogens with zero attached hydrogens (tertiary/aromatic N) is 1. The van der Waals surface area contributed by atoms with E-state index in [-0.39, 0.29) is 12.5 Å². The second kappa shape index (κ2) is 8.93. The van der Waals surface area contributed by atoms with E-state index in [0.717, 1.165) is 36.1 Å². The van der Waals surface area contributed by atoms with Gasteiger partial charge in [0.05, 0.1) is 11.3 Å². The summed E-state index contributed by atoms with van der Waals surface area (Å²) in [5, 5.41) is 5.05. The molecule has 0 saturated carbocycles. The second-order valence-electron chi connectivity index (χ2n) is 6.89. The van der Waals surface area contributed by atoms with Crippen molar-refractivity contribution in [3.8, 4) is 5.75 Å². The Morgan fingerprint density at radius 3 is 2.62 bits per heavy atom. The molecular weight excluding hydrogens is 384 g/mol. The first kappa shape index (κ1) is 19.2. The van der Waals surface area contributed by atoms with Gasteiger partial charge in [0.15, 0.2) is 0 Å². The molecule has 0 spiro atoms. The third kappa shape index (κ3) is 4.49. The first-order valence-electron chi connectivity index (χ1n) is 9.63. The van der Waals surface area contributed by atoms with Crippen molar-refractivity contribution in [1.82, 2.24) is 5.43 Å². The van der Waals surface area contributed by atoms with Gasteiger partial charge in [-0.2, -0.15) is 5.10 Å². The van der Waals surface area contributed by atoms with Gasteiger partial charge in [0.25, 0.3) is 5.91 Å². The molecule has 4 nitrogen and oxygen atoms in total. The first-order valence-corrected chi connectivity index (χ1v) is 10.0. The fraction of sp³-hybridized carbons (Fsp3) is 0.167. The van der Waals surface area contributed by atoms with Crippen LogP contribution in [-0.4, -0.2) is 11.6 Å². The average molecular weight is 405 g/mol. The molecule has 29 heavy (non-hydrogen) atoms. The summed E-state index contributed by atoms with van der Waals surface area (Å²) in [4.78, 5) is 12.8. The number of para-hydroxylation sites is 1. The van der Waals surface area contributed by atoms with E-state index >= 15 is 0 Å². The van der Waals surface area contributed by atoms with E-state index < -0.39 is 0 Å². The summed E-state index contributed by atoms with van der Waals surface area (Å²) in [6, 6.07) is 22.8. The first-order chi connectivity index (χ1) is 14.2. The highest BCUT2D eigenvalue weighted by molar-refractivity contribution is 6.31. The molecule has 0 atom stereocenters. The van der Waals surface area contributed by atoms with Crippen LogP contribution < -0.4 is 10.2 Å². The molecule has 0 radical (unpaired) electrons. The number of carbonyl (C=O) groups excluding carboxylic acids is 1. The number of halogens is 1. The van der Waals surface area contributed by atoms with Crippen LogP contribution in [0, 0.1) is 0 Å². The molecule has 146 valence electrons. The Hall–Kier alpha value is -3.11. The number of ether oxygens (including phenoxy) is 1. The Morgan fingerprint density at radius 1 is 0.966 bits per heavy atom. The molecule has 0 fully saturated rings. The Kier molecular flexibility index (Phi) is 5.92. The number of hydrogen-bond donors (Lipinski definition) is 1. The molecule has 0 aromatic heterocycles. The minimum Gasteiger partial charge on any atom is -0.488 e. The summed E-state index contributed by atoms with van der Waals surface area (Å²) in [6.45, 7) is 0.284. The van der Waals surface area contributed by atoms with Gasteiger partial charge in [-0.1, -0.05) is 66.2 Å². The average Bonchev–Trinajstić information content (AvgIpc) is 2.77. The molecule has 0 saturated heterocycles. The van der Waals surface area contributed by atoms with Gasteiger partial charge in [-0.3, -0.25) is 4.79 Å². The van der Waals surface area contributed by atoms with Crippen molar-refractivity contribution in [1.29, 1.82) is 0 Å². The van der Waals surface area contributed by atoms with E-state index in [4.69, 9.17) is 16.3 Å². The summed E-state index contributed by atoms with van der Waals surface area (Å²) in [5.41, 5.74) is 7.30. The van der Waals surface area contributed by atoms with Crippen LogP contribution in [0.4, 0.5) is 0 Å². The molecule has 1 aliphatic rings. The number of hydrogen-bond acceptors (Lipinski definition) is 3. The Bertz CT molecular complexity index is 1060. The Labute approximate surface area is 175 Å². The Morgan fingerprint density at radius 2 is 1.72 bits per heavy atom. The van der Waals surface area contributed by atoms with Crippen LogP contribution in [0.3, 0.4) is 0 Å². The summed E-state index contributed by atoms with van der Waals surface area (Å²) >= 11 is 6.19. The topological polar surface area (TPSA) is 50.7 Å². The largest absolute Gasteiger partial charge is 0.488 e. The molecule has 5 heteroatoms. The highest BCUT2D eigenvalue weighted by Crippen LogP contribution is 2.23. The van der Waals surface area contributed by atoms with Crippen molar-refractivity contribution in [3.05, 3.63) is 100 Å². The van der Waals surface area contributed by atoms with Gasteiger partial charge < -0.3 is 4.74 Å². The lowest BCUT2D eigenvalue weighted by Gasteiger charge is -2.17. The number of aryl methyl sites for hydroxylation is 1. The van der Waals surface area contributed by atoms with E-state index in [1.807, 2.05) is 42.5 Å². The minimum atomic E-state index is -0.296. The molecule has 0 unspecified atom stereocenters. The maximum absolute atomic E-state index is 12.8. The highest BCUT2D eigenvalue weighted by atomic mass is 35.5. The number of fused-ring (bicyclic) bond motifs is 1. The lowest BCUT2D eigenvalue weighted by molar-refractivity contribution is 0.0950. The summed E-state index contributed by atoms with van der Waals surface area (Å²) in [7, 11) is 0. The van der Waals surface area contributed by atoms with E-state index in [2.05, 4.69) is 22.7 Å². The van der Waals surface area contributed by atoms with Crippen molar-refractivity contribution >= 4 is 23.2 Å². The van der Waals surface area contributed by atoms with Crippen LogP contribution in [-0.2, 0) is 13.0 Å². The zero-order valence-electron chi connectivity index (χ0n) is 15.9. The molecule has 0 bridgehead atoms. The quantitative estimate of drug-likeness (QED) is 0.579. The molecule has 4 rings (SSSR count). The van der Waals surface area contributed by atoms with Crippen LogP contribution in [0.5, 0.6) is 5.75 Å². The van der Waals surface area contributed by atoms with Crippen molar-refractivity contribution in [2.75, 3.05) is 0 Å². The zero-order chi connectivity index (χ0) is 20.1. The predicted molar refractivity (Wildman–Crippen MR) is 116 cm³/mol. The standard InChI is InChI=1S/C24H21ClN2O2/c25-21-13-5-2-9-18(21)16-29-23-15-6-4-12-20(23)24(28)27-26-22-14-7-10-17-8-1-3-11-19(17)22/h1-6,8-9,11-13,15H,7,10,14,16H2,(H,27,28). The number of nitrogens with one attached hydrogen (secondary N) is 1. The number of carbonyl (C=O) groups is 1. The molecule has 1 amide bonds. The third-order valence-corrected chi connectivity index (χ3v) is 5.32. The van der Waals surface area contributed by atoms with Crippen molar-refractivity contribution < 1.29 is 9.53 Å². The minimum absolute atomic E-state index is 0.284. The third-order valence-electron chi connectivity index (χ3n) is 4.95. The molecule has 1 aliphatic carbocycles. The molecule has 0 aliphatic heterocycles. The smallest absolute Gasteiger partial charge is 0.275 e. The SMILES string of the molecule is O=C(NN=C1CCCc2ccccc21)c1ccccc1OCc1ccccc1Cl. The van der Waals surface area contributed by atoms with Gasteiger partial charge in [-0.05, 0) is 43.0 Å². The van der Waals surface area contributed by atoms with E-state index in [0.29, 0.717) is 16.3 Å². The van der Waals surface area contributed by atoms with Crippen LogP contribution in [0.25, 0.3) is 0 Å². The van der Waals surface area contributed by atoms with Gasteiger partial charge in [0.2, 0.25) is 0 Å². The summed E-state index contributed by atoms with van der Waals surface area (Å²) < 4.78 is 5.88. The number of hydrazone groups is 1. The van der Waals surface area contributed by atoms with Gasteiger partial charge in [0, 0.05) is 16.1 Å². The summed E-state index contributed by atoms with van der Waals surface area (Å²) in [6.07, 6.45) is 2.92. The maximum atomic E-state index is 12.8. The van der Waals surface area contributed by atoms with E-state index in [1.165, 1.54) is 5.56 Å². The number of amides is 1. The normalized spacial score (nSPS) is 14.3. The van der Waals surface area contributed by atoms with E-state index in [1.54, 1.807) is 18.2 Å². The van der Waals surface area contributed by atoms with E-state index in [9.17, 15) is 4.79 Å². The zero-order valence-corrected chi connectivity index (χ0v) is 16.7. The van der Waals surface area contributed by atoms with Gasteiger partial charge in [-0.15, -0.1) is 0 Å². The summed E-state index contributed by atoms with van der Waals surface area (Å²) in [5.74, 6) is 0.199. The number of benzene rings is 3. The Balaban J connectivity index is 1.49. The molecule has 3 aromatic rings. The van der Waals surface area contributed by atoms with Gasteiger partial charge in [-0.25, -0.2) is 5.43 Å². The van der Waals surface area contributed by atoms with Crippen molar-refractivity contribution in [2.45, 2.75) is 25.9 Å². The van der Waals surface area contributed by atoms with Crippen LogP contribution >= 0.6 is 11.6 Å².